The van der Waals surface area contributed by atoms with E-state index >= 15 is 0 Å². The van der Waals surface area contributed by atoms with E-state index in [4.69, 9.17) is 21.1 Å². The molecule has 132 valence electrons. The molecule has 0 spiro atoms. The molecule has 1 saturated heterocycles. The minimum absolute atomic E-state index is 0.100. The van der Waals surface area contributed by atoms with Crippen LogP contribution in [0.1, 0.15) is 34.9 Å². The maximum absolute atomic E-state index is 12.5. The van der Waals surface area contributed by atoms with Crippen LogP contribution < -0.4 is 20.1 Å². The predicted octanol–water partition coefficient (Wildman–Crippen LogP) is 1.92. The van der Waals surface area contributed by atoms with E-state index in [1.54, 1.807) is 23.9 Å². The number of nitrogens with one attached hydrogen (secondary N) is 2. The number of aromatic nitrogens is 3. The van der Waals surface area contributed by atoms with Gasteiger partial charge in [-0.15, -0.1) is 0 Å². The topological polar surface area (TPSA) is 90.3 Å². The third-order valence-corrected chi connectivity index (χ3v) is 4.68. The minimum Gasteiger partial charge on any atom is -0.454 e. The average Bonchev–Trinajstić information content (AvgIpc) is 3.23. The van der Waals surface area contributed by atoms with Crippen molar-refractivity contribution in [2.24, 2.45) is 7.05 Å². The molecular weight excluding hydrogens is 346 g/mol. The number of rotatable bonds is 3. The van der Waals surface area contributed by atoms with Crippen molar-refractivity contribution >= 4 is 23.5 Å². The summed E-state index contributed by atoms with van der Waals surface area (Å²) < 4.78 is 12.1. The quantitative estimate of drug-likeness (QED) is 0.865. The Morgan fingerprint density at radius 3 is 2.96 bits per heavy atom. The fraction of sp³-hybridized carbons (Fsp3) is 0.438. The average molecular weight is 364 g/mol. The van der Waals surface area contributed by atoms with E-state index in [2.05, 4.69) is 20.7 Å². The summed E-state index contributed by atoms with van der Waals surface area (Å²) in [7, 11) is 1.76. The van der Waals surface area contributed by atoms with Gasteiger partial charge in [-0.05, 0) is 38.1 Å². The highest BCUT2D eigenvalue weighted by Gasteiger charge is 2.23. The van der Waals surface area contributed by atoms with Crippen LogP contribution in [0.5, 0.6) is 11.5 Å². The molecule has 0 aliphatic carbocycles. The van der Waals surface area contributed by atoms with Crippen LogP contribution >= 0.6 is 11.6 Å². The van der Waals surface area contributed by atoms with E-state index in [9.17, 15) is 4.79 Å². The molecule has 9 heteroatoms. The molecule has 0 bridgehead atoms. The largest absolute Gasteiger partial charge is 0.454 e. The number of aryl methyl sites for hydroxylation is 1. The summed E-state index contributed by atoms with van der Waals surface area (Å²) in [5.74, 6) is 2.09. The van der Waals surface area contributed by atoms with Crippen LogP contribution in [0, 0.1) is 0 Å². The molecule has 25 heavy (non-hydrogen) atoms. The fourth-order valence-corrected chi connectivity index (χ4v) is 3.30. The summed E-state index contributed by atoms with van der Waals surface area (Å²) in [6, 6.07) is 3.15. The molecule has 1 aromatic heterocycles. The fourth-order valence-electron chi connectivity index (χ4n) is 3.04. The van der Waals surface area contributed by atoms with Crippen LogP contribution in [0.25, 0.3) is 0 Å². The summed E-state index contributed by atoms with van der Waals surface area (Å²) in [5.41, 5.74) is 0.376. The zero-order chi connectivity index (χ0) is 17.4. The Hall–Kier alpha value is -2.32. The second kappa shape index (κ2) is 6.53. The molecule has 2 aliphatic rings. The first-order valence-corrected chi connectivity index (χ1v) is 8.52. The highest BCUT2D eigenvalue weighted by atomic mass is 35.5. The standard InChI is InChI=1S/C16H18ClN5O3/c1-22-16(19-14(21-22)9-2-4-18-5-3-9)20-15(23)10-6-11(17)13-12(7-10)24-8-25-13/h6-7,9,18H,2-5,8H2,1H3,(H,19,20,21,23). The second-order valence-corrected chi connectivity index (χ2v) is 6.49. The highest BCUT2D eigenvalue weighted by molar-refractivity contribution is 6.32. The lowest BCUT2D eigenvalue weighted by molar-refractivity contribution is 0.102. The van der Waals surface area contributed by atoms with Gasteiger partial charge in [-0.25, -0.2) is 4.68 Å². The Kier molecular flexibility index (Phi) is 4.22. The molecule has 0 saturated carbocycles. The van der Waals surface area contributed by atoms with Gasteiger partial charge in [-0.1, -0.05) is 11.6 Å². The Labute approximate surface area is 149 Å². The van der Waals surface area contributed by atoms with Crippen LogP contribution in [0.2, 0.25) is 5.02 Å². The van der Waals surface area contributed by atoms with Gasteiger partial charge in [0.05, 0.1) is 5.02 Å². The van der Waals surface area contributed by atoms with Crippen LogP contribution in [0.3, 0.4) is 0 Å². The number of benzene rings is 1. The Balaban J connectivity index is 1.53. The van der Waals surface area contributed by atoms with Crippen molar-refractivity contribution in [1.29, 1.82) is 0 Å². The van der Waals surface area contributed by atoms with Crippen LogP contribution in [0.4, 0.5) is 5.95 Å². The van der Waals surface area contributed by atoms with Crippen LogP contribution in [0.15, 0.2) is 12.1 Å². The van der Waals surface area contributed by atoms with Crippen molar-refractivity contribution < 1.29 is 14.3 Å². The van der Waals surface area contributed by atoms with Crippen LogP contribution in [-0.4, -0.2) is 40.6 Å². The first kappa shape index (κ1) is 16.2. The van der Waals surface area contributed by atoms with E-state index in [0.717, 1.165) is 31.8 Å². The van der Waals surface area contributed by atoms with Gasteiger partial charge in [-0.2, -0.15) is 10.1 Å². The van der Waals surface area contributed by atoms with Crippen LogP contribution in [-0.2, 0) is 7.05 Å². The van der Waals surface area contributed by atoms with Gasteiger partial charge in [0.2, 0.25) is 12.7 Å². The molecule has 1 fully saturated rings. The van der Waals surface area contributed by atoms with E-state index in [1.807, 2.05) is 0 Å². The summed E-state index contributed by atoms with van der Waals surface area (Å²) in [5, 5.41) is 10.9. The molecule has 8 nitrogen and oxygen atoms in total. The second-order valence-electron chi connectivity index (χ2n) is 6.09. The third-order valence-electron chi connectivity index (χ3n) is 4.40. The van der Waals surface area contributed by atoms with E-state index in [1.165, 1.54) is 0 Å². The lowest BCUT2D eigenvalue weighted by atomic mass is 9.98. The molecular formula is C16H18ClN5O3. The number of fused-ring (bicyclic) bond motifs is 1. The lowest BCUT2D eigenvalue weighted by Gasteiger charge is -2.19. The zero-order valence-electron chi connectivity index (χ0n) is 13.7. The van der Waals surface area contributed by atoms with Gasteiger partial charge >= 0.3 is 0 Å². The van der Waals surface area contributed by atoms with Gasteiger partial charge in [0, 0.05) is 18.5 Å². The van der Waals surface area contributed by atoms with Crippen molar-refractivity contribution in [1.82, 2.24) is 20.1 Å². The Morgan fingerprint density at radius 2 is 2.16 bits per heavy atom. The molecule has 1 amide bonds. The van der Waals surface area contributed by atoms with Crippen molar-refractivity contribution in [3.63, 3.8) is 0 Å². The lowest BCUT2D eigenvalue weighted by Crippen LogP contribution is -2.27. The molecule has 2 aromatic rings. The maximum atomic E-state index is 12.5. The van der Waals surface area contributed by atoms with E-state index < -0.39 is 0 Å². The van der Waals surface area contributed by atoms with Crippen molar-refractivity contribution in [2.45, 2.75) is 18.8 Å². The first-order chi connectivity index (χ1) is 12.1. The summed E-state index contributed by atoms with van der Waals surface area (Å²) in [6.07, 6.45) is 1.99. The van der Waals surface area contributed by atoms with Gasteiger partial charge in [0.25, 0.3) is 5.91 Å². The maximum Gasteiger partial charge on any atom is 0.258 e. The first-order valence-electron chi connectivity index (χ1n) is 8.14. The van der Waals surface area contributed by atoms with Crippen molar-refractivity contribution in [3.8, 4) is 11.5 Å². The highest BCUT2D eigenvalue weighted by Crippen LogP contribution is 2.39. The number of amides is 1. The van der Waals surface area contributed by atoms with Crippen molar-refractivity contribution in [3.05, 3.63) is 28.5 Å². The monoisotopic (exact) mass is 363 g/mol. The number of nitrogens with zero attached hydrogens (tertiary/aromatic N) is 3. The van der Waals surface area contributed by atoms with E-state index in [0.29, 0.717) is 34.0 Å². The predicted molar refractivity (Wildman–Crippen MR) is 91.4 cm³/mol. The molecule has 2 N–H and O–H groups in total. The number of anilines is 1. The number of carbonyl (C=O) groups excluding carboxylic acids is 1. The number of ether oxygens (including phenoxy) is 2. The molecule has 0 unspecified atom stereocenters. The van der Waals surface area contributed by atoms with Gasteiger partial charge in [0.1, 0.15) is 0 Å². The number of halogens is 1. The molecule has 0 radical (unpaired) electrons. The van der Waals surface area contributed by atoms with Crippen molar-refractivity contribution in [2.75, 3.05) is 25.2 Å². The summed E-state index contributed by atoms with van der Waals surface area (Å²) in [4.78, 5) is 17.0. The number of piperidine rings is 1. The Bertz CT molecular complexity index is 816. The number of hydrogen-bond donors (Lipinski definition) is 2. The molecule has 0 atom stereocenters. The van der Waals surface area contributed by atoms with Gasteiger partial charge in [0.15, 0.2) is 17.3 Å². The zero-order valence-corrected chi connectivity index (χ0v) is 14.5. The minimum atomic E-state index is -0.326. The van der Waals surface area contributed by atoms with E-state index in [-0.39, 0.29) is 12.7 Å². The SMILES string of the molecule is Cn1nc(C2CCNCC2)nc1NC(=O)c1cc(Cl)c2c(c1)OCO2. The smallest absolute Gasteiger partial charge is 0.258 e. The number of hydrogen-bond acceptors (Lipinski definition) is 6. The molecule has 3 heterocycles. The summed E-state index contributed by atoms with van der Waals surface area (Å²) in [6.45, 7) is 2.02. The third kappa shape index (κ3) is 3.14. The van der Waals surface area contributed by atoms with Gasteiger partial charge < -0.3 is 14.8 Å². The number of carbonyl (C=O) groups is 1. The summed E-state index contributed by atoms with van der Waals surface area (Å²) >= 11 is 6.13. The molecule has 4 rings (SSSR count). The molecule has 1 aromatic carbocycles. The Morgan fingerprint density at radius 1 is 1.36 bits per heavy atom. The molecule has 2 aliphatic heterocycles. The van der Waals surface area contributed by atoms with Gasteiger partial charge in [-0.3, -0.25) is 10.1 Å². The normalized spacial score (nSPS) is 16.9.